The predicted molar refractivity (Wildman–Crippen MR) is 216 cm³/mol. The number of nitrogens with zero attached hydrogens (tertiary/aromatic N) is 3. The van der Waals surface area contributed by atoms with E-state index in [0.29, 0.717) is 37.1 Å². The molecule has 2 amide bonds. The molecule has 10 atom stereocenters. The molecular formula is C39H55N9O13. The highest BCUT2D eigenvalue weighted by molar-refractivity contribution is 5.97. The number of anilines is 2. The highest BCUT2D eigenvalue weighted by Crippen LogP contribution is 2.28. The summed E-state index contributed by atoms with van der Waals surface area (Å²) < 4.78 is 17.2. The lowest BCUT2D eigenvalue weighted by Gasteiger charge is -2.45. The van der Waals surface area contributed by atoms with E-state index in [4.69, 9.17) is 25.7 Å². The number of fused-ring (bicyclic) bond motifs is 1. The molecule has 0 radical (unpaired) electrons. The summed E-state index contributed by atoms with van der Waals surface area (Å²) in [5, 5.41) is 59.7. The second-order valence-corrected chi connectivity index (χ2v) is 15.2. The fourth-order valence-electron chi connectivity index (χ4n) is 6.99. The van der Waals surface area contributed by atoms with Gasteiger partial charge in [-0.2, -0.15) is 4.98 Å². The largest absolute Gasteiger partial charge is 0.480 e. The number of benzene rings is 1. The van der Waals surface area contributed by atoms with Gasteiger partial charge in [-0.3, -0.25) is 24.2 Å². The lowest BCUT2D eigenvalue weighted by molar-refractivity contribution is -0.319. The van der Waals surface area contributed by atoms with E-state index >= 15 is 0 Å². The summed E-state index contributed by atoms with van der Waals surface area (Å²) in [6, 6.07) is 4.98. The Kier molecular flexibility index (Phi) is 16.9. The van der Waals surface area contributed by atoms with E-state index in [2.05, 4.69) is 35.9 Å². The van der Waals surface area contributed by atoms with Crippen LogP contribution in [0.2, 0.25) is 0 Å². The van der Waals surface area contributed by atoms with E-state index in [1.165, 1.54) is 18.3 Å². The van der Waals surface area contributed by atoms with E-state index in [1.54, 1.807) is 19.1 Å². The summed E-state index contributed by atoms with van der Waals surface area (Å²) >= 11 is 0. The number of hydrogen-bond acceptors (Lipinski definition) is 18. The van der Waals surface area contributed by atoms with Crippen LogP contribution in [0.3, 0.4) is 0 Å². The van der Waals surface area contributed by atoms with Gasteiger partial charge in [-0.05, 0) is 50.5 Å². The molecule has 2 aliphatic rings. The van der Waals surface area contributed by atoms with Crippen molar-refractivity contribution in [1.82, 2.24) is 30.6 Å². The number of Topliss-reactive ketones (excluding diaryl/α,β-unsaturated/α-hetero) is 1. The number of ether oxygens (including phenoxy) is 3. The Hall–Kier alpha value is -5.20. The first-order valence-electron chi connectivity index (χ1n) is 20.2. The number of hydrogen-bond donors (Lipinski definition) is 11. The second-order valence-electron chi connectivity index (χ2n) is 15.2. The van der Waals surface area contributed by atoms with Crippen LogP contribution in [0.1, 0.15) is 80.8 Å². The monoisotopic (exact) mass is 857 g/mol. The van der Waals surface area contributed by atoms with Crippen LogP contribution >= 0.6 is 0 Å². The van der Waals surface area contributed by atoms with Crippen LogP contribution < -0.4 is 33.0 Å². The Morgan fingerprint density at radius 1 is 0.967 bits per heavy atom. The van der Waals surface area contributed by atoms with Gasteiger partial charge in [0.1, 0.15) is 36.2 Å². The fraction of sp³-hybridized carbons (Fsp3) is 0.590. The van der Waals surface area contributed by atoms with Crippen molar-refractivity contribution >= 4 is 46.4 Å². The van der Waals surface area contributed by atoms with Gasteiger partial charge in [0.15, 0.2) is 17.5 Å². The zero-order valence-corrected chi connectivity index (χ0v) is 33.6. The summed E-state index contributed by atoms with van der Waals surface area (Å²) in [7, 11) is 0. The molecule has 0 spiro atoms. The number of H-pyrrole nitrogens is 1. The van der Waals surface area contributed by atoms with Crippen LogP contribution in [-0.4, -0.2) is 143 Å². The van der Waals surface area contributed by atoms with Crippen LogP contribution in [-0.2, 0) is 35.1 Å². The van der Waals surface area contributed by atoms with Gasteiger partial charge in [-0.15, -0.1) is 0 Å². The zero-order chi connectivity index (χ0) is 44.2. The molecule has 0 aliphatic carbocycles. The maximum atomic E-state index is 12.8. The Bertz CT molecular complexity index is 2020. The third-order valence-corrected chi connectivity index (χ3v) is 10.5. The summed E-state index contributed by atoms with van der Waals surface area (Å²) in [4.78, 5) is 76.6. The molecule has 61 heavy (non-hydrogen) atoms. The van der Waals surface area contributed by atoms with Crippen molar-refractivity contribution in [2.75, 3.05) is 24.1 Å². The summed E-state index contributed by atoms with van der Waals surface area (Å²) in [6.45, 7) is 1.77. The standard InChI is InChI=1S/C39H55N9O13/c1-19-30(52)32(54)33(27(15-40)59-19)61-38-31(53)26(50)14-24(60-38)18-43-28(51)7-5-3-2-4-6-23(49)12-13-25(37(57)58)46-35(55)20-8-10-21(11-9-20)42-16-22-17-44-34-29(45-22)36(56)48-39(41)47-34/h8-11,17,19,24-27,30-33,38,42,50,52-54H,2-7,12-16,18,40H2,1H3,(H,43,51)(H,46,55)(H,57,58)(H3,41,44,47,48,56)/t19-,24?,25?,26+,27?,30?,31?,32-,33-,38-/m1/s1. The number of aliphatic hydroxyl groups excluding tert-OH is 4. The van der Waals surface area contributed by atoms with Crippen molar-refractivity contribution in [2.45, 2.75) is 132 Å². The lowest BCUT2D eigenvalue weighted by atomic mass is 9.95. The van der Waals surface area contributed by atoms with Gasteiger partial charge in [0, 0.05) is 50.0 Å². The number of aliphatic hydroxyl groups is 4. The molecule has 0 saturated carbocycles. The van der Waals surface area contributed by atoms with Gasteiger partial charge in [0.05, 0.1) is 42.9 Å². The van der Waals surface area contributed by atoms with Crippen molar-refractivity contribution in [3.8, 4) is 0 Å². The van der Waals surface area contributed by atoms with Crippen LogP contribution in [0.4, 0.5) is 11.6 Å². The smallest absolute Gasteiger partial charge is 0.326 e. The maximum Gasteiger partial charge on any atom is 0.326 e. The Labute approximate surface area is 349 Å². The van der Waals surface area contributed by atoms with Crippen LogP contribution in [0.5, 0.6) is 0 Å². The van der Waals surface area contributed by atoms with E-state index in [1.807, 2.05) is 0 Å². The van der Waals surface area contributed by atoms with E-state index in [-0.39, 0.29) is 86.1 Å². The number of rotatable bonds is 21. The summed E-state index contributed by atoms with van der Waals surface area (Å²) in [5.41, 5.74) is 12.2. The van der Waals surface area contributed by atoms with Crippen molar-refractivity contribution in [1.29, 1.82) is 0 Å². The van der Waals surface area contributed by atoms with Gasteiger partial charge in [0.2, 0.25) is 11.9 Å². The minimum atomic E-state index is -1.46. The summed E-state index contributed by atoms with van der Waals surface area (Å²) in [6.07, 6.45) is -5.91. The minimum Gasteiger partial charge on any atom is -0.480 e. The number of carbonyl (C=O) groups excluding carboxylic acids is 3. The normalized spacial score (nSPS) is 25.7. The maximum absolute atomic E-state index is 12.8. The average Bonchev–Trinajstić information content (AvgIpc) is 3.23. The molecular weight excluding hydrogens is 802 g/mol. The van der Waals surface area contributed by atoms with E-state index in [0.717, 1.165) is 0 Å². The first-order chi connectivity index (χ1) is 29.1. The van der Waals surface area contributed by atoms with Gasteiger partial charge in [0.25, 0.3) is 11.5 Å². The highest BCUT2D eigenvalue weighted by atomic mass is 16.7. The molecule has 2 fully saturated rings. The number of nitrogens with one attached hydrogen (secondary N) is 4. The molecule has 5 rings (SSSR count). The molecule has 4 heterocycles. The number of amides is 2. The quantitative estimate of drug-likeness (QED) is 0.0548. The van der Waals surface area contributed by atoms with Gasteiger partial charge in [-0.1, -0.05) is 12.8 Å². The minimum absolute atomic E-state index is 0.0125. The Balaban J connectivity index is 0.945. The van der Waals surface area contributed by atoms with Gasteiger partial charge >= 0.3 is 5.97 Å². The Morgan fingerprint density at radius 3 is 2.39 bits per heavy atom. The second kappa shape index (κ2) is 22.1. The first kappa shape index (κ1) is 46.9. The molecule has 5 unspecified atom stereocenters. The molecule has 22 nitrogen and oxygen atoms in total. The number of unbranched alkanes of at least 4 members (excludes halogenated alkanes) is 3. The van der Waals surface area contributed by atoms with Crippen LogP contribution in [0, 0.1) is 0 Å². The lowest BCUT2D eigenvalue weighted by Crippen LogP contribution is -2.62. The molecule has 2 aliphatic heterocycles. The number of carboxylic acids is 1. The van der Waals surface area contributed by atoms with E-state index in [9.17, 15) is 49.5 Å². The number of ketones is 1. The topological polar surface area (TPSA) is 357 Å². The molecule has 3 aromatic rings. The molecule has 0 bridgehead atoms. The number of aromatic nitrogens is 4. The predicted octanol–water partition coefficient (Wildman–Crippen LogP) is -1.41. The molecule has 13 N–H and O–H groups in total. The molecule has 22 heteroatoms. The Morgan fingerprint density at radius 2 is 1.69 bits per heavy atom. The van der Waals surface area contributed by atoms with Crippen molar-refractivity contribution in [2.24, 2.45) is 5.73 Å². The average molecular weight is 858 g/mol. The number of nitrogen functional groups attached to an aromatic ring is 1. The van der Waals surface area contributed by atoms with Gasteiger partial charge < -0.3 is 67.2 Å². The third kappa shape index (κ3) is 13.1. The molecule has 334 valence electrons. The number of aliphatic carboxylic acids is 1. The number of aromatic amines is 1. The molecule has 2 saturated heterocycles. The summed E-state index contributed by atoms with van der Waals surface area (Å²) in [5.74, 6) is -2.37. The number of carboxylic acid groups (broad SMARTS) is 1. The number of nitrogens with two attached hydrogens (primary N) is 2. The number of carbonyl (C=O) groups is 4. The van der Waals surface area contributed by atoms with Crippen molar-refractivity contribution in [3.05, 3.63) is 52.1 Å². The SMILES string of the molecule is C[C@H]1OC(CN)[C@@H](O[C@H]2OC(CNC(=O)CCCCCCC(=O)CCC(NC(=O)c3ccc(NCc4cnc5nc(N)[nH]c(=O)c5n4)cc3)C(=O)O)C[C@H](O)C2O)[C@H](O)C1O. The van der Waals surface area contributed by atoms with Crippen LogP contribution in [0.25, 0.3) is 11.2 Å². The van der Waals surface area contributed by atoms with Crippen molar-refractivity contribution in [3.63, 3.8) is 0 Å². The van der Waals surface area contributed by atoms with Crippen LogP contribution in [0.15, 0.2) is 35.3 Å². The highest BCUT2D eigenvalue weighted by Gasteiger charge is 2.47. The molecule has 2 aromatic heterocycles. The first-order valence-corrected chi connectivity index (χ1v) is 20.2. The molecule has 1 aromatic carbocycles. The fourth-order valence-corrected chi connectivity index (χ4v) is 6.99. The zero-order valence-electron chi connectivity index (χ0n) is 33.6. The third-order valence-electron chi connectivity index (χ3n) is 10.5. The van der Waals surface area contributed by atoms with Crippen molar-refractivity contribution < 1.29 is 58.9 Å². The van der Waals surface area contributed by atoms with E-state index < -0.39 is 78.6 Å². The van der Waals surface area contributed by atoms with Gasteiger partial charge in [-0.25, -0.2) is 14.8 Å².